The van der Waals surface area contributed by atoms with Crippen LogP contribution in [0.1, 0.15) is 5.56 Å². The third-order valence-electron chi connectivity index (χ3n) is 4.50. The molecular weight excluding hydrogens is 322 g/mol. The maximum atomic E-state index is 5.44. The van der Waals surface area contributed by atoms with Crippen molar-refractivity contribution >= 4 is 10.9 Å². The van der Waals surface area contributed by atoms with Crippen LogP contribution in [-0.2, 0) is 6.54 Å². The van der Waals surface area contributed by atoms with Crippen LogP contribution in [0.5, 0.6) is 5.88 Å². The number of hydrogen-bond donors (Lipinski definition) is 1. The molecule has 0 saturated carbocycles. The molecule has 0 spiro atoms. The lowest BCUT2D eigenvalue weighted by Gasteiger charge is -2.13. The predicted molar refractivity (Wildman–Crippen MR) is 104 cm³/mol. The molecule has 4 rings (SSSR count). The summed E-state index contributed by atoms with van der Waals surface area (Å²) in [5.41, 5.74) is 10.2. The van der Waals surface area contributed by atoms with Gasteiger partial charge in [0.2, 0.25) is 5.88 Å². The second kappa shape index (κ2) is 6.94. The smallest absolute Gasteiger partial charge is 0.222 e. The molecule has 0 atom stereocenters. The molecule has 0 aliphatic rings. The van der Waals surface area contributed by atoms with E-state index in [-0.39, 0.29) is 0 Å². The number of hydrogen-bond acceptors (Lipinski definition) is 3. The van der Waals surface area contributed by atoms with E-state index in [2.05, 4.69) is 53.2 Å². The molecule has 4 nitrogen and oxygen atoms in total. The van der Waals surface area contributed by atoms with E-state index in [1.807, 2.05) is 24.3 Å². The van der Waals surface area contributed by atoms with E-state index in [4.69, 9.17) is 9.72 Å². The number of fused-ring (bicyclic) bond motifs is 1. The zero-order chi connectivity index (χ0) is 17.9. The number of pyridine rings is 2. The Morgan fingerprint density at radius 3 is 2.38 bits per heavy atom. The van der Waals surface area contributed by atoms with Crippen molar-refractivity contribution in [2.24, 2.45) is 0 Å². The van der Waals surface area contributed by atoms with Gasteiger partial charge in [-0.25, -0.2) is 9.97 Å². The van der Waals surface area contributed by atoms with E-state index in [9.17, 15) is 0 Å². The Bertz CT molecular complexity index is 1040. The summed E-state index contributed by atoms with van der Waals surface area (Å²) < 4.78 is 5.44. The maximum Gasteiger partial charge on any atom is 0.222 e. The molecule has 0 unspecified atom stereocenters. The van der Waals surface area contributed by atoms with Gasteiger partial charge < -0.3 is 10.5 Å². The number of benzene rings is 2. The summed E-state index contributed by atoms with van der Waals surface area (Å²) in [6, 6.07) is 22.8. The maximum absolute atomic E-state index is 5.44. The highest BCUT2D eigenvalue weighted by Crippen LogP contribution is 2.35. The minimum Gasteiger partial charge on any atom is -0.481 e. The van der Waals surface area contributed by atoms with Crippen molar-refractivity contribution in [3.8, 4) is 28.3 Å². The highest BCUT2D eigenvalue weighted by molar-refractivity contribution is 5.93. The summed E-state index contributed by atoms with van der Waals surface area (Å²) in [7, 11) is 1.63. The second-order valence-electron chi connectivity index (χ2n) is 6.08. The molecule has 2 aromatic heterocycles. The molecule has 0 amide bonds. The molecule has 0 radical (unpaired) electrons. The number of ether oxygens (including phenoxy) is 1. The summed E-state index contributed by atoms with van der Waals surface area (Å²) in [4.78, 5) is 9.27. The lowest BCUT2D eigenvalue weighted by Crippen LogP contribution is -2.47. The van der Waals surface area contributed by atoms with Gasteiger partial charge in [-0.2, -0.15) is 0 Å². The second-order valence-corrected chi connectivity index (χ2v) is 6.08. The molecule has 0 aliphatic heterocycles. The molecule has 2 aromatic carbocycles. The Hall–Kier alpha value is -3.24. The Kier molecular flexibility index (Phi) is 4.33. The van der Waals surface area contributed by atoms with Gasteiger partial charge in [0.05, 0.1) is 30.3 Å². The molecule has 0 bridgehead atoms. The SMILES string of the molecule is COc1nccc2nc(-c3ccc(C[NH3+])cc3)c(-c3ccccc3)cc12. The van der Waals surface area contributed by atoms with Gasteiger partial charge in [-0.15, -0.1) is 0 Å². The average Bonchev–Trinajstić information content (AvgIpc) is 2.73. The Labute approximate surface area is 152 Å². The Morgan fingerprint density at radius 1 is 0.923 bits per heavy atom. The van der Waals surface area contributed by atoms with Crippen LogP contribution in [0.4, 0.5) is 0 Å². The lowest BCUT2D eigenvalue weighted by atomic mass is 9.97. The van der Waals surface area contributed by atoms with Crippen LogP contribution in [0.15, 0.2) is 72.9 Å². The standard InChI is InChI=1S/C22H19N3O/c1-26-22-19-13-18(16-5-3-2-4-6-16)21(25-20(19)11-12-24-22)17-9-7-15(14-23)8-10-17/h2-13H,14,23H2,1H3/p+1. The minimum atomic E-state index is 0.589. The van der Waals surface area contributed by atoms with Crippen LogP contribution in [0.25, 0.3) is 33.3 Å². The van der Waals surface area contributed by atoms with Gasteiger partial charge in [-0.1, -0.05) is 54.6 Å². The van der Waals surface area contributed by atoms with Gasteiger partial charge in [0.15, 0.2) is 0 Å². The van der Waals surface area contributed by atoms with Gasteiger partial charge in [0.25, 0.3) is 0 Å². The van der Waals surface area contributed by atoms with Crippen molar-refractivity contribution in [2.75, 3.05) is 7.11 Å². The summed E-state index contributed by atoms with van der Waals surface area (Å²) in [6.07, 6.45) is 1.73. The first-order chi connectivity index (χ1) is 12.8. The highest BCUT2D eigenvalue weighted by atomic mass is 16.5. The van der Waals surface area contributed by atoms with Gasteiger partial charge in [0, 0.05) is 22.9 Å². The first kappa shape index (κ1) is 16.2. The molecule has 128 valence electrons. The monoisotopic (exact) mass is 342 g/mol. The average molecular weight is 342 g/mol. The van der Waals surface area contributed by atoms with Crippen LogP contribution in [0.3, 0.4) is 0 Å². The van der Waals surface area contributed by atoms with Crippen LogP contribution in [0, 0.1) is 0 Å². The van der Waals surface area contributed by atoms with E-state index < -0.39 is 0 Å². The Balaban J connectivity index is 2.00. The van der Waals surface area contributed by atoms with Crippen LogP contribution in [0.2, 0.25) is 0 Å². The molecule has 3 N–H and O–H groups in total. The third kappa shape index (κ3) is 2.91. The molecule has 0 saturated heterocycles. The fourth-order valence-electron chi connectivity index (χ4n) is 3.12. The number of aromatic nitrogens is 2. The van der Waals surface area contributed by atoms with Crippen molar-refractivity contribution in [3.05, 3.63) is 78.5 Å². The third-order valence-corrected chi connectivity index (χ3v) is 4.50. The van der Waals surface area contributed by atoms with Crippen LogP contribution in [-0.4, -0.2) is 17.1 Å². The van der Waals surface area contributed by atoms with Gasteiger partial charge >= 0.3 is 0 Å². The number of nitrogens with zero attached hydrogens (tertiary/aromatic N) is 2. The highest BCUT2D eigenvalue weighted by Gasteiger charge is 2.14. The number of rotatable bonds is 4. The molecule has 0 aliphatic carbocycles. The summed E-state index contributed by atoms with van der Waals surface area (Å²) in [5, 5.41) is 0.909. The van der Waals surface area contributed by atoms with Gasteiger partial charge in [-0.3, -0.25) is 0 Å². The van der Waals surface area contributed by atoms with Crippen molar-refractivity contribution < 1.29 is 10.5 Å². The molecule has 4 heteroatoms. The van der Waals surface area contributed by atoms with Crippen molar-refractivity contribution in [1.82, 2.24) is 9.97 Å². The van der Waals surface area contributed by atoms with E-state index >= 15 is 0 Å². The summed E-state index contributed by atoms with van der Waals surface area (Å²) in [5.74, 6) is 0.589. The topological polar surface area (TPSA) is 62.7 Å². The fraction of sp³-hybridized carbons (Fsp3) is 0.0909. The van der Waals surface area contributed by atoms with E-state index in [1.165, 1.54) is 5.56 Å². The normalized spacial score (nSPS) is 10.8. The van der Waals surface area contributed by atoms with E-state index in [1.54, 1.807) is 13.3 Å². The Morgan fingerprint density at radius 2 is 1.69 bits per heavy atom. The quantitative estimate of drug-likeness (QED) is 0.615. The lowest BCUT2D eigenvalue weighted by molar-refractivity contribution is -0.386. The van der Waals surface area contributed by atoms with Gasteiger partial charge in [0.1, 0.15) is 0 Å². The number of quaternary nitrogens is 1. The first-order valence-electron chi connectivity index (χ1n) is 8.58. The number of methoxy groups -OCH3 is 1. The molecule has 4 aromatic rings. The molecule has 26 heavy (non-hydrogen) atoms. The largest absolute Gasteiger partial charge is 0.481 e. The van der Waals surface area contributed by atoms with Gasteiger partial charge in [-0.05, 0) is 17.7 Å². The van der Waals surface area contributed by atoms with Crippen molar-refractivity contribution in [3.63, 3.8) is 0 Å². The van der Waals surface area contributed by atoms with E-state index in [0.29, 0.717) is 5.88 Å². The molecular formula is C22H20N3O+. The zero-order valence-electron chi connectivity index (χ0n) is 14.6. The van der Waals surface area contributed by atoms with Crippen molar-refractivity contribution in [1.29, 1.82) is 0 Å². The first-order valence-corrected chi connectivity index (χ1v) is 8.58. The minimum absolute atomic E-state index is 0.589. The summed E-state index contributed by atoms with van der Waals surface area (Å²) in [6.45, 7) is 0.778. The van der Waals surface area contributed by atoms with Crippen molar-refractivity contribution in [2.45, 2.75) is 6.54 Å². The predicted octanol–water partition coefficient (Wildman–Crippen LogP) is 3.71. The van der Waals surface area contributed by atoms with Crippen LogP contribution < -0.4 is 10.5 Å². The molecule has 0 fully saturated rings. The fourth-order valence-corrected chi connectivity index (χ4v) is 3.12. The van der Waals surface area contributed by atoms with Crippen LogP contribution >= 0.6 is 0 Å². The van der Waals surface area contributed by atoms with E-state index in [0.717, 1.165) is 39.8 Å². The zero-order valence-corrected chi connectivity index (χ0v) is 14.6. The summed E-state index contributed by atoms with van der Waals surface area (Å²) >= 11 is 0. The molecule has 2 heterocycles.